The van der Waals surface area contributed by atoms with Gasteiger partial charge in [0.25, 0.3) is 0 Å². The number of anilines is 2. The van der Waals surface area contributed by atoms with E-state index in [1.54, 1.807) is 23.9 Å². The second-order valence-corrected chi connectivity index (χ2v) is 5.96. The van der Waals surface area contributed by atoms with Gasteiger partial charge in [-0.15, -0.1) is 0 Å². The van der Waals surface area contributed by atoms with E-state index in [4.69, 9.17) is 0 Å². The lowest BCUT2D eigenvalue weighted by atomic mass is 10.2. The van der Waals surface area contributed by atoms with Crippen LogP contribution in [0.25, 0.3) is 0 Å². The molecule has 1 unspecified atom stereocenters. The minimum atomic E-state index is 0.216. The first-order valence-electron chi connectivity index (χ1n) is 6.17. The molecule has 0 aromatic heterocycles. The van der Waals surface area contributed by atoms with E-state index in [0.717, 1.165) is 10.6 Å². The first kappa shape index (κ1) is 12.2. The van der Waals surface area contributed by atoms with Crippen molar-refractivity contribution in [2.75, 3.05) is 24.3 Å². The lowest BCUT2D eigenvalue weighted by Gasteiger charge is -2.15. The van der Waals surface area contributed by atoms with Crippen molar-refractivity contribution in [1.29, 1.82) is 0 Å². The van der Waals surface area contributed by atoms with E-state index < -0.39 is 0 Å². The van der Waals surface area contributed by atoms with Gasteiger partial charge in [-0.25, -0.2) is 0 Å². The van der Waals surface area contributed by atoms with E-state index in [1.807, 2.05) is 20.2 Å². The molecule has 0 bridgehead atoms. The Labute approximate surface area is 117 Å². The van der Waals surface area contributed by atoms with Gasteiger partial charge < -0.3 is 15.3 Å². The quantitative estimate of drug-likeness (QED) is 0.818. The first-order valence-corrected chi connectivity index (χ1v) is 7.05. The van der Waals surface area contributed by atoms with Crippen molar-refractivity contribution in [1.82, 2.24) is 0 Å². The summed E-state index contributed by atoms with van der Waals surface area (Å²) in [6, 6.07) is 14.0. The van der Waals surface area contributed by atoms with Crippen LogP contribution in [0.15, 0.2) is 47.4 Å². The molecule has 19 heavy (non-hydrogen) atoms. The molecule has 2 aromatic carbocycles. The molecule has 1 atom stereocenters. The number of nitrogens with zero attached hydrogens (tertiary/aromatic N) is 1. The van der Waals surface area contributed by atoms with Crippen molar-refractivity contribution in [2.45, 2.75) is 10.3 Å². The predicted molar refractivity (Wildman–Crippen MR) is 81.1 cm³/mol. The van der Waals surface area contributed by atoms with Gasteiger partial charge in [0.2, 0.25) is 0 Å². The lowest BCUT2D eigenvalue weighted by molar-refractivity contribution is 0.474. The van der Waals surface area contributed by atoms with Crippen LogP contribution in [0.3, 0.4) is 0 Å². The third-order valence-corrected chi connectivity index (χ3v) is 4.43. The fourth-order valence-electron chi connectivity index (χ4n) is 2.12. The monoisotopic (exact) mass is 272 g/mol. The van der Waals surface area contributed by atoms with Crippen molar-refractivity contribution in [2.24, 2.45) is 0 Å². The Bertz CT molecular complexity index is 596. The zero-order valence-corrected chi connectivity index (χ0v) is 11.7. The van der Waals surface area contributed by atoms with Crippen LogP contribution in [-0.4, -0.2) is 19.2 Å². The van der Waals surface area contributed by atoms with Crippen LogP contribution >= 0.6 is 11.8 Å². The topological polar surface area (TPSA) is 35.5 Å². The maximum Gasteiger partial charge on any atom is 0.116 e. The maximum absolute atomic E-state index is 9.50. The van der Waals surface area contributed by atoms with Crippen LogP contribution in [0.5, 0.6) is 5.75 Å². The van der Waals surface area contributed by atoms with Crippen LogP contribution in [0.1, 0.15) is 10.9 Å². The number of benzene rings is 2. The first-order chi connectivity index (χ1) is 9.13. The molecule has 3 rings (SSSR count). The van der Waals surface area contributed by atoms with Gasteiger partial charge in [0.15, 0.2) is 0 Å². The Morgan fingerprint density at radius 1 is 1.11 bits per heavy atom. The van der Waals surface area contributed by atoms with Crippen molar-refractivity contribution in [3.63, 3.8) is 0 Å². The third kappa shape index (κ3) is 2.36. The number of hydrogen-bond donors (Lipinski definition) is 2. The molecule has 4 heteroatoms. The molecule has 0 spiro atoms. The van der Waals surface area contributed by atoms with Crippen LogP contribution in [0, 0.1) is 0 Å². The molecule has 98 valence electrons. The number of thioether (sulfide) groups is 1. The Kier molecular flexibility index (Phi) is 3.03. The predicted octanol–water partition coefficient (Wildman–Crippen LogP) is 3.67. The summed E-state index contributed by atoms with van der Waals surface area (Å²) in [5.41, 5.74) is 3.53. The Morgan fingerprint density at radius 2 is 1.84 bits per heavy atom. The van der Waals surface area contributed by atoms with E-state index in [1.165, 1.54) is 11.3 Å². The molecule has 0 saturated heterocycles. The summed E-state index contributed by atoms with van der Waals surface area (Å²) in [5, 5.41) is 13.2. The number of fused-ring (bicyclic) bond motifs is 1. The van der Waals surface area contributed by atoms with Crippen molar-refractivity contribution in [3.8, 4) is 5.75 Å². The molecule has 3 nitrogen and oxygen atoms in total. The van der Waals surface area contributed by atoms with Crippen molar-refractivity contribution in [3.05, 3.63) is 48.0 Å². The average molecular weight is 272 g/mol. The van der Waals surface area contributed by atoms with E-state index in [0.29, 0.717) is 5.75 Å². The van der Waals surface area contributed by atoms with Crippen molar-refractivity contribution >= 4 is 23.1 Å². The zero-order chi connectivity index (χ0) is 13.4. The summed E-state index contributed by atoms with van der Waals surface area (Å²) in [7, 11) is 4.08. The molecule has 0 saturated carbocycles. The Balaban J connectivity index is 1.82. The lowest BCUT2D eigenvalue weighted by Crippen LogP contribution is -2.08. The fourth-order valence-corrected chi connectivity index (χ4v) is 3.30. The van der Waals surface area contributed by atoms with Gasteiger partial charge in [0.1, 0.15) is 11.1 Å². The maximum atomic E-state index is 9.50. The van der Waals surface area contributed by atoms with Gasteiger partial charge in [-0.2, -0.15) is 0 Å². The normalized spacial score (nSPS) is 16.8. The molecule has 1 aliphatic rings. The molecule has 2 N–H and O–H groups in total. The third-order valence-electron chi connectivity index (χ3n) is 3.21. The highest BCUT2D eigenvalue weighted by atomic mass is 32.2. The molecule has 0 aliphatic carbocycles. The number of aromatic hydroxyl groups is 1. The number of nitrogens with one attached hydrogen (secondary N) is 1. The van der Waals surface area contributed by atoms with Gasteiger partial charge in [-0.1, -0.05) is 23.9 Å². The largest absolute Gasteiger partial charge is 0.508 e. The van der Waals surface area contributed by atoms with Gasteiger partial charge in [0, 0.05) is 30.4 Å². The van der Waals surface area contributed by atoms with E-state index in [-0.39, 0.29) is 5.37 Å². The fraction of sp³-hybridized carbons (Fsp3) is 0.200. The molecule has 0 radical (unpaired) electrons. The highest BCUT2D eigenvalue weighted by Crippen LogP contribution is 2.47. The molecular formula is C15H16N2OS. The summed E-state index contributed by atoms with van der Waals surface area (Å²) >= 11 is 1.73. The van der Waals surface area contributed by atoms with E-state index in [2.05, 4.69) is 34.5 Å². The van der Waals surface area contributed by atoms with Gasteiger partial charge in [0.05, 0.1) is 0 Å². The van der Waals surface area contributed by atoms with E-state index in [9.17, 15) is 5.11 Å². The highest BCUT2D eigenvalue weighted by molar-refractivity contribution is 8.00. The molecule has 1 heterocycles. The minimum absolute atomic E-state index is 0.216. The average Bonchev–Trinajstić information content (AvgIpc) is 2.81. The van der Waals surface area contributed by atoms with E-state index >= 15 is 0 Å². The summed E-state index contributed by atoms with van der Waals surface area (Å²) in [6.45, 7) is 0. The smallest absolute Gasteiger partial charge is 0.116 e. The summed E-state index contributed by atoms with van der Waals surface area (Å²) < 4.78 is 0. The summed E-state index contributed by atoms with van der Waals surface area (Å²) in [5.74, 6) is 0.316. The van der Waals surface area contributed by atoms with Crippen LogP contribution in [-0.2, 0) is 0 Å². The second kappa shape index (κ2) is 4.70. The highest BCUT2D eigenvalue weighted by Gasteiger charge is 2.22. The van der Waals surface area contributed by atoms with Gasteiger partial charge >= 0.3 is 0 Å². The zero-order valence-electron chi connectivity index (χ0n) is 10.9. The van der Waals surface area contributed by atoms with Crippen LogP contribution in [0.2, 0.25) is 0 Å². The number of hydrogen-bond acceptors (Lipinski definition) is 4. The Hall–Kier alpha value is -1.81. The molecule has 0 amide bonds. The molecular weight excluding hydrogens is 256 g/mol. The SMILES string of the molecule is CN(C)c1ccc(C2Nc3ccc(O)cc3S2)cc1. The summed E-state index contributed by atoms with van der Waals surface area (Å²) in [6.07, 6.45) is 0. The molecule has 0 fully saturated rings. The Morgan fingerprint density at radius 3 is 2.53 bits per heavy atom. The molecule has 1 aliphatic heterocycles. The molecule has 2 aromatic rings. The minimum Gasteiger partial charge on any atom is -0.508 e. The van der Waals surface area contributed by atoms with Crippen LogP contribution in [0.4, 0.5) is 11.4 Å². The number of phenolic OH excluding ortho intramolecular Hbond substituents is 1. The van der Waals surface area contributed by atoms with Crippen LogP contribution < -0.4 is 10.2 Å². The summed E-state index contributed by atoms with van der Waals surface area (Å²) in [4.78, 5) is 3.19. The second-order valence-electron chi connectivity index (χ2n) is 4.81. The number of rotatable bonds is 2. The van der Waals surface area contributed by atoms with Gasteiger partial charge in [-0.05, 0) is 35.9 Å². The van der Waals surface area contributed by atoms with Gasteiger partial charge in [-0.3, -0.25) is 0 Å². The standard InChI is InChI=1S/C15H16N2OS/c1-17(2)11-5-3-10(4-6-11)15-16-13-8-7-12(18)9-14(13)19-15/h3-9,15-16,18H,1-2H3. The van der Waals surface area contributed by atoms with Crippen molar-refractivity contribution < 1.29 is 5.11 Å². The number of phenols is 1.